The number of hydrogen-bond acceptors (Lipinski definition) is 3. The zero-order valence-electron chi connectivity index (χ0n) is 7.32. The highest BCUT2D eigenvalue weighted by atomic mass is 32.1. The van der Waals surface area contributed by atoms with Gasteiger partial charge < -0.3 is 10.5 Å². The largest absolute Gasteiger partial charge is 0.385 e. The van der Waals surface area contributed by atoms with E-state index in [0.29, 0.717) is 0 Å². The van der Waals surface area contributed by atoms with Crippen molar-refractivity contribution in [1.29, 1.82) is 0 Å². The van der Waals surface area contributed by atoms with Gasteiger partial charge in [-0.3, -0.25) is 0 Å². The molecule has 68 valence electrons. The van der Waals surface area contributed by atoms with Crippen LogP contribution in [0.15, 0.2) is 16.8 Å². The monoisotopic (exact) mass is 185 g/mol. The molecule has 0 spiro atoms. The Morgan fingerprint density at radius 3 is 3.08 bits per heavy atom. The van der Waals surface area contributed by atoms with Crippen LogP contribution in [-0.2, 0) is 4.74 Å². The van der Waals surface area contributed by atoms with Gasteiger partial charge in [0.1, 0.15) is 0 Å². The summed E-state index contributed by atoms with van der Waals surface area (Å²) in [5.41, 5.74) is 7.18. The van der Waals surface area contributed by atoms with Gasteiger partial charge in [-0.2, -0.15) is 11.3 Å². The maximum atomic E-state index is 5.93. The highest BCUT2D eigenvalue weighted by Crippen LogP contribution is 2.17. The van der Waals surface area contributed by atoms with E-state index in [-0.39, 0.29) is 6.04 Å². The van der Waals surface area contributed by atoms with Crippen molar-refractivity contribution in [2.75, 3.05) is 13.7 Å². The molecule has 1 heterocycles. The maximum Gasteiger partial charge on any atom is 0.0462 e. The minimum atomic E-state index is 0.186. The van der Waals surface area contributed by atoms with Crippen molar-refractivity contribution >= 4 is 11.3 Å². The Hall–Kier alpha value is -0.380. The van der Waals surface area contributed by atoms with Crippen molar-refractivity contribution in [3.8, 4) is 0 Å². The highest BCUT2D eigenvalue weighted by Gasteiger charge is 2.04. The molecule has 0 aliphatic heterocycles. The Labute approximate surface area is 77.3 Å². The van der Waals surface area contributed by atoms with Crippen LogP contribution in [0.5, 0.6) is 0 Å². The standard InChI is InChI=1S/C9H15NOS/c1-11-5-2-3-9(10)8-4-6-12-7-8/h4,6-7,9H,2-3,5,10H2,1H3. The molecule has 0 radical (unpaired) electrons. The molecule has 1 atom stereocenters. The van der Waals surface area contributed by atoms with Gasteiger partial charge in [0, 0.05) is 19.8 Å². The molecule has 1 unspecified atom stereocenters. The summed E-state index contributed by atoms with van der Waals surface area (Å²) >= 11 is 1.70. The van der Waals surface area contributed by atoms with Gasteiger partial charge in [-0.1, -0.05) is 0 Å². The second-order valence-corrected chi connectivity index (χ2v) is 3.58. The summed E-state index contributed by atoms with van der Waals surface area (Å²) in [4.78, 5) is 0. The fraction of sp³-hybridized carbons (Fsp3) is 0.556. The van der Waals surface area contributed by atoms with Crippen LogP contribution in [0.1, 0.15) is 24.4 Å². The number of nitrogens with two attached hydrogens (primary N) is 1. The van der Waals surface area contributed by atoms with E-state index in [1.54, 1.807) is 18.4 Å². The summed E-state index contributed by atoms with van der Waals surface area (Å²) in [6.07, 6.45) is 2.04. The predicted molar refractivity (Wildman–Crippen MR) is 52.4 cm³/mol. The Morgan fingerprint density at radius 1 is 1.67 bits per heavy atom. The van der Waals surface area contributed by atoms with Gasteiger partial charge in [0.05, 0.1) is 0 Å². The number of rotatable bonds is 5. The molecule has 3 heteroatoms. The van der Waals surface area contributed by atoms with E-state index in [1.165, 1.54) is 5.56 Å². The molecule has 0 aliphatic carbocycles. The summed E-state index contributed by atoms with van der Waals surface area (Å²) < 4.78 is 4.96. The lowest BCUT2D eigenvalue weighted by Gasteiger charge is -2.08. The van der Waals surface area contributed by atoms with E-state index in [9.17, 15) is 0 Å². The van der Waals surface area contributed by atoms with E-state index < -0.39 is 0 Å². The van der Waals surface area contributed by atoms with Crippen LogP contribution in [0.25, 0.3) is 0 Å². The number of hydrogen-bond donors (Lipinski definition) is 1. The predicted octanol–water partition coefficient (Wildman–Crippen LogP) is 2.17. The molecule has 1 rings (SSSR count). The Morgan fingerprint density at radius 2 is 2.50 bits per heavy atom. The second-order valence-electron chi connectivity index (χ2n) is 2.80. The molecule has 0 amide bonds. The first kappa shape index (κ1) is 9.71. The van der Waals surface area contributed by atoms with Gasteiger partial charge in [0.2, 0.25) is 0 Å². The quantitative estimate of drug-likeness (QED) is 0.714. The first-order valence-electron chi connectivity index (χ1n) is 4.11. The lowest BCUT2D eigenvalue weighted by atomic mass is 10.1. The van der Waals surface area contributed by atoms with Crippen LogP contribution >= 0.6 is 11.3 Å². The third kappa shape index (κ3) is 2.93. The van der Waals surface area contributed by atoms with Crippen molar-refractivity contribution in [2.24, 2.45) is 5.73 Å². The molecule has 0 fully saturated rings. The van der Waals surface area contributed by atoms with E-state index >= 15 is 0 Å². The molecule has 2 N–H and O–H groups in total. The molecular formula is C9H15NOS. The van der Waals surface area contributed by atoms with Crippen molar-refractivity contribution in [1.82, 2.24) is 0 Å². The molecule has 0 aromatic carbocycles. The molecule has 0 saturated heterocycles. The van der Waals surface area contributed by atoms with E-state index in [1.807, 2.05) is 0 Å². The van der Waals surface area contributed by atoms with Crippen LogP contribution < -0.4 is 5.73 Å². The van der Waals surface area contributed by atoms with Gasteiger partial charge >= 0.3 is 0 Å². The van der Waals surface area contributed by atoms with Crippen LogP contribution in [-0.4, -0.2) is 13.7 Å². The molecule has 1 aromatic rings. The maximum absolute atomic E-state index is 5.93. The smallest absolute Gasteiger partial charge is 0.0462 e. The SMILES string of the molecule is COCCCC(N)c1ccsc1. The third-order valence-electron chi connectivity index (χ3n) is 1.83. The van der Waals surface area contributed by atoms with Crippen molar-refractivity contribution in [3.63, 3.8) is 0 Å². The van der Waals surface area contributed by atoms with E-state index in [4.69, 9.17) is 10.5 Å². The summed E-state index contributed by atoms with van der Waals surface area (Å²) in [7, 11) is 1.72. The van der Waals surface area contributed by atoms with Crippen LogP contribution in [0.4, 0.5) is 0 Å². The summed E-state index contributed by atoms with van der Waals surface area (Å²) in [5, 5.41) is 4.17. The van der Waals surface area contributed by atoms with Gasteiger partial charge in [-0.05, 0) is 35.2 Å². The average Bonchev–Trinajstić information content (AvgIpc) is 2.56. The number of methoxy groups -OCH3 is 1. The third-order valence-corrected chi connectivity index (χ3v) is 2.54. The van der Waals surface area contributed by atoms with Crippen LogP contribution in [0.2, 0.25) is 0 Å². The summed E-state index contributed by atoms with van der Waals surface area (Å²) in [5.74, 6) is 0. The minimum absolute atomic E-state index is 0.186. The fourth-order valence-electron chi connectivity index (χ4n) is 1.10. The van der Waals surface area contributed by atoms with Crippen molar-refractivity contribution < 1.29 is 4.74 Å². The number of thiophene rings is 1. The highest BCUT2D eigenvalue weighted by molar-refractivity contribution is 7.07. The number of ether oxygens (including phenoxy) is 1. The van der Waals surface area contributed by atoms with Gasteiger partial charge in [-0.15, -0.1) is 0 Å². The van der Waals surface area contributed by atoms with E-state index in [2.05, 4.69) is 16.8 Å². The van der Waals surface area contributed by atoms with Crippen molar-refractivity contribution in [2.45, 2.75) is 18.9 Å². The minimum Gasteiger partial charge on any atom is -0.385 e. The molecule has 0 bridgehead atoms. The molecule has 2 nitrogen and oxygen atoms in total. The molecule has 1 aromatic heterocycles. The first-order chi connectivity index (χ1) is 5.84. The fourth-order valence-corrected chi connectivity index (χ4v) is 1.82. The van der Waals surface area contributed by atoms with Gasteiger partial charge in [-0.25, -0.2) is 0 Å². The Balaban J connectivity index is 2.25. The topological polar surface area (TPSA) is 35.2 Å². The van der Waals surface area contributed by atoms with Crippen molar-refractivity contribution in [3.05, 3.63) is 22.4 Å². The summed E-state index contributed by atoms with van der Waals surface area (Å²) in [6.45, 7) is 0.803. The Kier molecular flexibility index (Phi) is 4.29. The van der Waals surface area contributed by atoms with Gasteiger partial charge in [0.15, 0.2) is 0 Å². The lowest BCUT2D eigenvalue weighted by molar-refractivity contribution is 0.190. The van der Waals surface area contributed by atoms with Crippen LogP contribution in [0.3, 0.4) is 0 Å². The molecule has 0 saturated carbocycles. The second kappa shape index (κ2) is 5.30. The van der Waals surface area contributed by atoms with Gasteiger partial charge in [0.25, 0.3) is 0 Å². The first-order valence-corrected chi connectivity index (χ1v) is 5.05. The Bertz CT molecular complexity index is 198. The zero-order chi connectivity index (χ0) is 8.81. The molecular weight excluding hydrogens is 170 g/mol. The summed E-state index contributed by atoms with van der Waals surface area (Å²) in [6, 6.07) is 2.27. The normalized spacial score (nSPS) is 13.2. The van der Waals surface area contributed by atoms with Crippen LogP contribution in [0, 0.1) is 0 Å². The molecule has 12 heavy (non-hydrogen) atoms. The van der Waals surface area contributed by atoms with E-state index in [0.717, 1.165) is 19.4 Å². The zero-order valence-corrected chi connectivity index (χ0v) is 8.14. The molecule has 0 aliphatic rings. The average molecular weight is 185 g/mol. The lowest BCUT2D eigenvalue weighted by Crippen LogP contribution is -2.09.